The fourth-order valence-electron chi connectivity index (χ4n) is 1.20. The molecule has 1 atom stereocenters. The van der Waals surface area contributed by atoms with Crippen LogP contribution in [0.25, 0.3) is 0 Å². The van der Waals surface area contributed by atoms with Gasteiger partial charge < -0.3 is 5.73 Å². The Hall–Kier alpha value is -0.520. The van der Waals surface area contributed by atoms with Gasteiger partial charge in [0, 0.05) is 11.8 Å². The van der Waals surface area contributed by atoms with Gasteiger partial charge in [0.15, 0.2) is 9.84 Å². The third-order valence-corrected chi connectivity index (χ3v) is 4.49. The summed E-state index contributed by atoms with van der Waals surface area (Å²) in [5.41, 5.74) is 6.40. The van der Waals surface area contributed by atoms with Gasteiger partial charge in [-0.2, -0.15) is 12.6 Å². The van der Waals surface area contributed by atoms with Crippen LogP contribution in [0.4, 0.5) is 0 Å². The second kappa shape index (κ2) is 5.01. The van der Waals surface area contributed by atoms with Crippen LogP contribution in [0.2, 0.25) is 0 Å². The molecule has 0 bridgehead atoms. The molecule has 3 nitrogen and oxygen atoms in total. The molecule has 1 rings (SSSR count). The van der Waals surface area contributed by atoms with Crippen LogP contribution in [0.5, 0.6) is 0 Å². The van der Waals surface area contributed by atoms with E-state index in [1.54, 1.807) is 31.2 Å². The number of thiol groups is 1. The van der Waals surface area contributed by atoms with Gasteiger partial charge in [-0.15, -0.1) is 0 Å². The Kier molecular flexibility index (Phi) is 4.19. The lowest BCUT2D eigenvalue weighted by molar-refractivity contribution is 0.597. The minimum Gasteiger partial charge on any atom is -0.329 e. The van der Waals surface area contributed by atoms with Crippen LogP contribution in [0.15, 0.2) is 29.2 Å². The highest BCUT2D eigenvalue weighted by molar-refractivity contribution is 7.91. The Balaban J connectivity index is 3.00. The summed E-state index contributed by atoms with van der Waals surface area (Å²) in [6.45, 7) is 2.06. The zero-order valence-electron chi connectivity index (χ0n) is 8.55. The molecule has 0 heterocycles. The summed E-state index contributed by atoms with van der Waals surface area (Å²) in [6.07, 6.45) is 0. The molecule has 0 radical (unpaired) electrons. The monoisotopic (exact) mass is 245 g/mol. The van der Waals surface area contributed by atoms with Crippen LogP contribution in [0.1, 0.15) is 17.7 Å². The molecule has 0 saturated carbocycles. The molecule has 0 fully saturated rings. The Morgan fingerprint density at radius 2 is 1.87 bits per heavy atom. The highest BCUT2D eigenvalue weighted by Crippen LogP contribution is 2.20. The molecule has 1 aromatic carbocycles. The van der Waals surface area contributed by atoms with Gasteiger partial charge in [-0.1, -0.05) is 19.1 Å². The van der Waals surface area contributed by atoms with E-state index in [9.17, 15) is 8.42 Å². The van der Waals surface area contributed by atoms with Crippen molar-refractivity contribution in [3.8, 4) is 0 Å². The maximum absolute atomic E-state index is 11.5. The molecule has 0 saturated heterocycles. The maximum Gasteiger partial charge on any atom is 0.178 e. The first-order valence-corrected chi connectivity index (χ1v) is 6.89. The topological polar surface area (TPSA) is 60.2 Å². The van der Waals surface area contributed by atoms with Crippen molar-refractivity contribution in [1.82, 2.24) is 0 Å². The number of rotatable bonds is 4. The average molecular weight is 245 g/mol. The second-order valence-electron chi connectivity index (χ2n) is 3.22. The molecular formula is C10H15NO2S2. The van der Waals surface area contributed by atoms with Gasteiger partial charge in [0.05, 0.1) is 10.6 Å². The summed E-state index contributed by atoms with van der Waals surface area (Å²) in [4.78, 5) is 0.353. The molecular weight excluding hydrogens is 230 g/mol. The van der Waals surface area contributed by atoms with Crippen LogP contribution < -0.4 is 5.73 Å². The fourth-order valence-corrected chi connectivity index (χ4v) is 2.26. The fraction of sp³-hybridized carbons (Fsp3) is 0.400. The summed E-state index contributed by atoms with van der Waals surface area (Å²) in [6, 6.07) is 6.72. The van der Waals surface area contributed by atoms with Crippen molar-refractivity contribution in [1.29, 1.82) is 0 Å². The number of hydrogen-bond acceptors (Lipinski definition) is 4. The van der Waals surface area contributed by atoms with Gasteiger partial charge in [-0.3, -0.25) is 0 Å². The van der Waals surface area contributed by atoms with E-state index < -0.39 is 9.84 Å². The quantitative estimate of drug-likeness (QED) is 0.789. The summed E-state index contributed by atoms with van der Waals surface area (Å²) < 4.78 is 23.0. The van der Waals surface area contributed by atoms with Gasteiger partial charge in [0.1, 0.15) is 0 Å². The second-order valence-corrected chi connectivity index (χ2v) is 6.13. The Morgan fingerprint density at radius 1 is 1.33 bits per heavy atom. The normalized spacial score (nSPS) is 13.8. The summed E-state index contributed by atoms with van der Waals surface area (Å²) in [5.74, 6) is 0.119. The largest absolute Gasteiger partial charge is 0.329 e. The van der Waals surface area contributed by atoms with E-state index >= 15 is 0 Å². The van der Waals surface area contributed by atoms with Crippen LogP contribution in [-0.4, -0.2) is 20.7 Å². The van der Waals surface area contributed by atoms with E-state index in [4.69, 9.17) is 5.73 Å². The lowest BCUT2D eigenvalue weighted by atomic mass is 10.1. The number of benzene rings is 1. The SMILES string of the molecule is CCS(=O)(=O)c1ccc(C(S)CN)cc1. The zero-order valence-corrected chi connectivity index (χ0v) is 10.3. The van der Waals surface area contributed by atoms with Crippen LogP contribution >= 0.6 is 12.6 Å². The first-order valence-electron chi connectivity index (χ1n) is 4.72. The summed E-state index contributed by atoms with van der Waals surface area (Å²) in [5, 5.41) is -0.0385. The molecule has 1 unspecified atom stereocenters. The Morgan fingerprint density at radius 3 is 2.27 bits per heavy atom. The van der Waals surface area contributed by atoms with Crippen molar-refractivity contribution in [3.63, 3.8) is 0 Å². The zero-order chi connectivity index (χ0) is 11.5. The van der Waals surface area contributed by atoms with E-state index in [-0.39, 0.29) is 11.0 Å². The highest BCUT2D eigenvalue weighted by Gasteiger charge is 2.11. The lowest BCUT2D eigenvalue weighted by Crippen LogP contribution is -2.08. The van der Waals surface area contributed by atoms with E-state index in [2.05, 4.69) is 12.6 Å². The first-order chi connectivity index (χ1) is 7.01. The van der Waals surface area contributed by atoms with Crippen molar-refractivity contribution >= 4 is 22.5 Å². The molecule has 0 aromatic heterocycles. The molecule has 0 aliphatic carbocycles. The smallest absolute Gasteiger partial charge is 0.178 e. The van der Waals surface area contributed by atoms with Crippen molar-refractivity contribution in [2.75, 3.05) is 12.3 Å². The van der Waals surface area contributed by atoms with Gasteiger partial charge >= 0.3 is 0 Å². The third-order valence-electron chi connectivity index (χ3n) is 2.23. The molecule has 5 heteroatoms. The minimum absolute atomic E-state index is 0.0385. The predicted octanol–water partition coefficient (Wildman–Crippen LogP) is 1.41. The average Bonchev–Trinajstić information content (AvgIpc) is 2.28. The molecule has 15 heavy (non-hydrogen) atoms. The summed E-state index contributed by atoms with van der Waals surface area (Å²) in [7, 11) is -3.10. The van der Waals surface area contributed by atoms with Gasteiger partial charge in [-0.25, -0.2) is 8.42 Å². The van der Waals surface area contributed by atoms with Crippen molar-refractivity contribution < 1.29 is 8.42 Å². The first kappa shape index (κ1) is 12.5. The van der Waals surface area contributed by atoms with Crippen LogP contribution in [0.3, 0.4) is 0 Å². The molecule has 84 valence electrons. The molecule has 0 spiro atoms. The number of nitrogens with two attached hydrogens (primary N) is 1. The molecule has 0 aliphatic rings. The minimum atomic E-state index is -3.10. The molecule has 0 aliphatic heterocycles. The predicted molar refractivity (Wildman–Crippen MR) is 65.0 cm³/mol. The van der Waals surface area contributed by atoms with Gasteiger partial charge in [0.2, 0.25) is 0 Å². The Bertz CT molecular complexity index is 412. The number of sulfone groups is 1. The maximum atomic E-state index is 11.5. The van der Waals surface area contributed by atoms with Gasteiger partial charge in [-0.05, 0) is 17.7 Å². The lowest BCUT2D eigenvalue weighted by Gasteiger charge is -2.08. The van der Waals surface area contributed by atoms with Crippen molar-refractivity contribution in [2.24, 2.45) is 5.73 Å². The van der Waals surface area contributed by atoms with E-state index in [1.165, 1.54) is 0 Å². The molecule has 2 N–H and O–H groups in total. The van der Waals surface area contributed by atoms with Crippen LogP contribution in [-0.2, 0) is 9.84 Å². The van der Waals surface area contributed by atoms with Crippen molar-refractivity contribution in [3.05, 3.63) is 29.8 Å². The number of hydrogen-bond donors (Lipinski definition) is 2. The van der Waals surface area contributed by atoms with Crippen LogP contribution in [0, 0.1) is 0 Å². The van der Waals surface area contributed by atoms with Crippen molar-refractivity contribution in [2.45, 2.75) is 17.1 Å². The van der Waals surface area contributed by atoms with E-state index in [1.807, 2.05) is 0 Å². The molecule has 0 amide bonds. The highest BCUT2D eigenvalue weighted by atomic mass is 32.2. The van der Waals surface area contributed by atoms with E-state index in [0.29, 0.717) is 11.4 Å². The standard InChI is InChI=1S/C10H15NO2S2/c1-2-15(12,13)9-5-3-8(4-6-9)10(14)7-11/h3-6,10,14H,2,7,11H2,1H3. The Labute approximate surface area is 96.0 Å². The van der Waals surface area contributed by atoms with E-state index in [0.717, 1.165) is 5.56 Å². The third kappa shape index (κ3) is 2.96. The molecule has 1 aromatic rings. The van der Waals surface area contributed by atoms with Gasteiger partial charge in [0.25, 0.3) is 0 Å². The summed E-state index contributed by atoms with van der Waals surface area (Å²) >= 11 is 4.27.